The van der Waals surface area contributed by atoms with E-state index in [0.717, 1.165) is 4.73 Å². The molecule has 20 heavy (non-hydrogen) atoms. The van der Waals surface area contributed by atoms with Crippen LogP contribution >= 0.6 is 0 Å². The number of benzene rings is 1. The fourth-order valence-corrected chi connectivity index (χ4v) is 1.95. The fourth-order valence-electron chi connectivity index (χ4n) is 1.95. The van der Waals surface area contributed by atoms with Crippen molar-refractivity contribution < 1.29 is 20.3 Å². The van der Waals surface area contributed by atoms with Gasteiger partial charge in [-0.25, -0.2) is 4.98 Å². The smallest absolute Gasteiger partial charge is 0.370 e. The number of anilines is 1. The van der Waals surface area contributed by atoms with Crippen molar-refractivity contribution in [3.05, 3.63) is 24.3 Å². The van der Waals surface area contributed by atoms with Gasteiger partial charge in [0, 0.05) is 12.4 Å². The summed E-state index contributed by atoms with van der Waals surface area (Å²) >= 11 is 0. The zero-order valence-electron chi connectivity index (χ0n) is 10.4. The zero-order valence-corrected chi connectivity index (χ0v) is 10.4. The van der Waals surface area contributed by atoms with Gasteiger partial charge >= 0.3 is 6.01 Å². The SMILES string of the molecule is CNOOc1nc2c(NO)nc3ccccc3c2n1O. The van der Waals surface area contributed by atoms with E-state index in [1.54, 1.807) is 24.3 Å². The van der Waals surface area contributed by atoms with Gasteiger partial charge in [0.1, 0.15) is 11.0 Å². The molecule has 1 aromatic carbocycles. The van der Waals surface area contributed by atoms with Crippen LogP contribution in [0.4, 0.5) is 5.82 Å². The summed E-state index contributed by atoms with van der Waals surface area (Å²) in [6.45, 7) is 0. The summed E-state index contributed by atoms with van der Waals surface area (Å²) in [7, 11) is 1.49. The molecule has 104 valence electrons. The number of pyridine rings is 1. The van der Waals surface area contributed by atoms with Crippen LogP contribution in [-0.2, 0) is 4.99 Å². The number of fused-ring (bicyclic) bond motifs is 3. The summed E-state index contributed by atoms with van der Waals surface area (Å²) in [6, 6.07) is 6.90. The number of para-hydroxylation sites is 1. The number of nitrogens with one attached hydrogen (secondary N) is 2. The van der Waals surface area contributed by atoms with E-state index >= 15 is 0 Å². The van der Waals surface area contributed by atoms with Gasteiger partial charge in [0.15, 0.2) is 5.82 Å². The highest BCUT2D eigenvalue weighted by Gasteiger charge is 2.19. The van der Waals surface area contributed by atoms with Crippen molar-refractivity contribution in [1.82, 2.24) is 20.2 Å². The van der Waals surface area contributed by atoms with Gasteiger partial charge in [-0.15, -0.1) is 4.73 Å². The highest BCUT2D eigenvalue weighted by atomic mass is 17.3. The van der Waals surface area contributed by atoms with Crippen molar-refractivity contribution in [2.75, 3.05) is 12.5 Å². The first-order chi connectivity index (χ1) is 9.76. The molecular formula is C11H11N5O4. The molecule has 0 bridgehead atoms. The van der Waals surface area contributed by atoms with Crippen molar-refractivity contribution in [3.63, 3.8) is 0 Å². The topological polar surface area (TPSA) is 114 Å². The predicted molar refractivity (Wildman–Crippen MR) is 68.4 cm³/mol. The number of imidazole rings is 1. The molecule has 0 unspecified atom stereocenters. The van der Waals surface area contributed by atoms with Crippen molar-refractivity contribution in [1.29, 1.82) is 0 Å². The Labute approximate surface area is 112 Å². The number of nitrogens with zero attached hydrogens (tertiary/aromatic N) is 3. The van der Waals surface area contributed by atoms with Gasteiger partial charge in [0.2, 0.25) is 0 Å². The molecule has 0 amide bonds. The van der Waals surface area contributed by atoms with Gasteiger partial charge < -0.3 is 5.21 Å². The number of aromatic nitrogens is 3. The lowest BCUT2D eigenvalue weighted by atomic mass is 10.2. The molecule has 0 aliphatic rings. The maximum atomic E-state index is 10.1. The quantitative estimate of drug-likeness (QED) is 0.318. The molecule has 3 rings (SSSR count). The average molecular weight is 277 g/mol. The first-order valence-corrected chi connectivity index (χ1v) is 5.67. The van der Waals surface area contributed by atoms with Gasteiger partial charge in [-0.05, 0) is 6.07 Å². The van der Waals surface area contributed by atoms with Crippen molar-refractivity contribution in [3.8, 4) is 6.01 Å². The summed E-state index contributed by atoms with van der Waals surface area (Å²) in [5, 5.41) is 19.9. The standard InChI is InChI=1S/C11H11N5O4/c1-12-20-19-11-14-8-9(16(11)18)6-4-2-3-5-7(6)13-10(8)15-17/h2-5,12,17-18H,1H3,(H,13,15). The summed E-state index contributed by atoms with van der Waals surface area (Å²) < 4.78 is 0.720. The molecular weight excluding hydrogens is 266 g/mol. The van der Waals surface area contributed by atoms with Crippen LogP contribution in [0.5, 0.6) is 6.01 Å². The number of hydrogen-bond acceptors (Lipinski definition) is 8. The van der Waals surface area contributed by atoms with E-state index in [1.165, 1.54) is 7.05 Å². The maximum Gasteiger partial charge on any atom is 0.370 e. The van der Waals surface area contributed by atoms with Crippen LogP contribution in [0, 0.1) is 0 Å². The fraction of sp³-hybridized carbons (Fsp3) is 0.0909. The van der Waals surface area contributed by atoms with Crippen molar-refractivity contribution in [2.45, 2.75) is 0 Å². The molecule has 0 aliphatic carbocycles. The minimum atomic E-state index is -0.205. The minimum Gasteiger partial charge on any atom is -0.423 e. The second kappa shape index (κ2) is 4.81. The molecule has 2 heterocycles. The second-order valence-electron chi connectivity index (χ2n) is 3.86. The molecule has 0 atom stereocenters. The third-order valence-electron chi connectivity index (χ3n) is 2.75. The van der Waals surface area contributed by atoms with Gasteiger partial charge in [-0.1, -0.05) is 23.2 Å². The lowest BCUT2D eigenvalue weighted by molar-refractivity contribution is -0.262. The average Bonchev–Trinajstić information content (AvgIpc) is 2.81. The Balaban J connectivity index is 2.34. The number of hydroxylamine groups is 1. The number of rotatable bonds is 4. The van der Waals surface area contributed by atoms with Crippen molar-refractivity contribution in [2.24, 2.45) is 0 Å². The Morgan fingerprint density at radius 1 is 1.25 bits per heavy atom. The predicted octanol–water partition coefficient (Wildman–Crippen LogP) is 1.07. The summed E-state index contributed by atoms with van der Waals surface area (Å²) in [4.78, 5) is 17.5. The lowest BCUT2D eigenvalue weighted by Crippen LogP contribution is -2.12. The van der Waals surface area contributed by atoms with Gasteiger partial charge in [0.25, 0.3) is 0 Å². The Hall–Kier alpha value is -2.62. The van der Waals surface area contributed by atoms with Gasteiger partial charge in [0.05, 0.1) is 5.52 Å². The van der Waals surface area contributed by atoms with Crippen LogP contribution in [0.25, 0.3) is 21.9 Å². The van der Waals surface area contributed by atoms with Crippen LogP contribution in [-0.4, -0.2) is 32.2 Å². The molecule has 9 nitrogen and oxygen atoms in total. The molecule has 0 saturated heterocycles. The van der Waals surface area contributed by atoms with Crippen LogP contribution in [0.1, 0.15) is 0 Å². The molecule has 0 spiro atoms. The van der Waals surface area contributed by atoms with Crippen LogP contribution in [0.3, 0.4) is 0 Å². The Morgan fingerprint density at radius 2 is 2.05 bits per heavy atom. The molecule has 0 radical (unpaired) electrons. The Morgan fingerprint density at radius 3 is 2.80 bits per heavy atom. The van der Waals surface area contributed by atoms with E-state index in [4.69, 9.17) is 10.1 Å². The third kappa shape index (κ3) is 1.77. The van der Waals surface area contributed by atoms with Crippen LogP contribution in [0.2, 0.25) is 0 Å². The largest absolute Gasteiger partial charge is 0.423 e. The summed E-state index contributed by atoms with van der Waals surface area (Å²) in [6.07, 6.45) is 0. The summed E-state index contributed by atoms with van der Waals surface area (Å²) in [5.74, 6) is 0.0980. The van der Waals surface area contributed by atoms with Gasteiger partial charge in [-0.3, -0.25) is 15.6 Å². The van der Waals surface area contributed by atoms with E-state index in [1.807, 2.05) is 5.48 Å². The van der Waals surface area contributed by atoms with E-state index in [0.29, 0.717) is 16.4 Å². The van der Waals surface area contributed by atoms with Gasteiger partial charge in [-0.2, -0.15) is 10.5 Å². The molecule has 4 N–H and O–H groups in total. The maximum absolute atomic E-state index is 10.1. The second-order valence-corrected chi connectivity index (χ2v) is 3.86. The van der Waals surface area contributed by atoms with Crippen molar-refractivity contribution >= 4 is 27.8 Å². The normalized spacial score (nSPS) is 11.1. The molecule has 0 aliphatic heterocycles. The third-order valence-corrected chi connectivity index (χ3v) is 2.75. The molecule has 3 aromatic rings. The highest BCUT2D eigenvalue weighted by molar-refractivity contribution is 6.06. The lowest BCUT2D eigenvalue weighted by Gasteiger charge is -2.04. The minimum absolute atomic E-state index is 0.0980. The first kappa shape index (κ1) is 12.4. The number of hydrogen-bond donors (Lipinski definition) is 4. The molecule has 2 aromatic heterocycles. The Kier molecular flexibility index (Phi) is 2.99. The summed E-state index contributed by atoms with van der Waals surface area (Å²) in [5.41, 5.74) is 5.39. The monoisotopic (exact) mass is 277 g/mol. The van der Waals surface area contributed by atoms with Crippen LogP contribution < -0.4 is 15.8 Å². The van der Waals surface area contributed by atoms with E-state index < -0.39 is 0 Å². The van der Waals surface area contributed by atoms with Crippen LogP contribution in [0.15, 0.2) is 24.3 Å². The molecule has 0 saturated carbocycles. The molecule has 0 fully saturated rings. The molecule has 9 heteroatoms. The first-order valence-electron chi connectivity index (χ1n) is 5.67. The zero-order chi connectivity index (χ0) is 14.1. The highest BCUT2D eigenvalue weighted by Crippen LogP contribution is 2.31. The van der Waals surface area contributed by atoms with E-state index in [2.05, 4.69) is 20.4 Å². The Bertz CT molecular complexity index is 772. The van der Waals surface area contributed by atoms with E-state index in [-0.39, 0.29) is 17.3 Å². The van der Waals surface area contributed by atoms with E-state index in [9.17, 15) is 5.21 Å².